The van der Waals surface area contributed by atoms with E-state index in [1.807, 2.05) is 12.1 Å². The number of ether oxygens (including phenoxy) is 2. The molecular formula is C21H19F2N3O3. The lowest BCUT2D eigenvalue weighted by molar-refractivity contribution is -0.134. The number of carbonyl (C=O) groups is 1. The molecule has 1 unspecified atom stereocenters. The van der Waals surface area contributed by atoms with Crippen molar-refractivity contribution in [3.05, 3.63) is 48.0 Å². The topological polar surface area (TPSA) is 77.2 Å². The normalized spacial score (nSPS) is 23.9. The Morgan fingerprint density at radius 1 is 1.21 bits per heavy atom. The lowest BCUT2D eigenvalue weighted by Crippen LogP contribution is -2.50. The third-order valence-corrected chi connectivity index (χ3v) is 6.13. The van der Waals surface area contributed by atoms with Crippen LogP contribution in [0.3, 0.4) is 0 Å². The third kappa shape index (κ3) is 2.44. The quantitative estimate of drug-likeness (QED) is 0.861. The number of benzene rings is 2. The van der Waals surface area contributed by atoms with Gasteiger partial charge in [-0.25, -0.2) is 4.99 Å². The van der Waals surface area contributed by atoms with Crippen LogP contribution in [0.1, 0.15) is 18.4 Å². The third-order valence-electron chi connectivity index (χ3n) is 6.13. The summed E-state index contributed by atoms with van der Waals surface area (Å²) in [5, 5.41) is 0. The molecule has 3 aliphatic rings. The van der Waals surface area contributed by atoms with E-state index in [1.54, 1.807) is 25.2 Å². The van der Waals surface area contributed by atoms with Gasteiger partial charge in [0, 0.05) is 18.0 Å². The Hall–Kier alpha value is -3.16. The van der Waals surface area contributed by atoms with Gasteiger partial charge in [0.25, 0.3) is 5.91 Å². The van der Waals surface area contributed by atoms with E-state index in [4.69, 9.17) is 10.5 Å². The first kappa shape index (κ1) is 17.9. The van der Waals surface area contributed by atoms with Crippen LogP contribution in [0.25, 0.3) is 11.1 Å². The molecule has 0 bridgehead atoms. The van der Waals surface area contributed by atoms with Crippen molar-refractivity contribution in [1.29, 1.82) is 0 Å². The molecule has 8 heteroatoms. The average Bonchev–Trinajstić information content (AvgIpc) is 3.45. The number of aliphatic imine (C=N–C) groups is 1. The molecule has 1 saturated carbocycles. The lowest BCUT2D eigenvalue weighted by atomic mass is 9.73. The standard InChI is InChI=1S/C21H19F2N3O3/c1-26-17(27)21(25-19(26)24)15-10-13(5-6-16(15)28-11-20(21)7-8-20)12-3-2-4-14(9-12)29-18(22)23/h2-6,9-10,18H,7-8,11H2,1H3,(H2,24,25). The van der Waals surface area contributed by atoms with E-state index in [9.17, 15) is 13.6 Å². The fraction of sp³-hybridized carbons (Fsp3) is 0.333. The summed E-state index contributed by atoms with van der Waals surface area (Å²) in [5.41, 5.74) is 6.62. The number of nitrogens with two attached hydrogens (primary N) is 1. The Kier molecular flexibility index (Phi) is 3.65. The largest absolute Gasteiger partial charge is 0.492 e. The van der Waals surface area contributed by atoms with Crippen LogP contribution in [0.2, 0.25) is 0 Å². The minimum absolute atomic E-state index is 0.0683. The van der Waals surface area contributed by atoms with E-state index in [0.717, 1.165) is 18.4 Å². The fourth-order valence-electron chi connectivity index (χ4n) is 4.40. The number of fused-ring (bicyclic) bond motifs is 3. The van der Waals surface area contributed by atoms with E-state index < -0.39 is 17.6 Å². The minimum Gasteiger partial charge on any atom is -0.492 e. The molecule has 2 aliphatic heterocycles. The second-order valence-corrected chi connectivity index (χ2v) is 7.73. The van der Waals surface area contributed by atoms with Gasteiger partial charge in [0.1, 0.15) is 11.5 Å². The molecule has 2 heterocycles. The smallest absolute Gasteiger partial charge is 0.387 e. The van der Waals surface area contributed by atoms with Gasteiger partial charge in [-0.15, -0.1) is 0 Å². The zero-order valence-electron chi connectivity index (χ0n) is 15.7. The molecule has 0 saturated heterocycles. The highest BCUT2D eigenvalue weighted by Crippen LogP contribution is 2.65. The highest BCUT2D eigenvalue weighted by molar-refractivity contribution is 6.08. The Bertz CT molecular complexity index is 1050. The van der Waals surface area contributed by atoms with Crippen LogP contribution in [0, 0.1) is 5.41 Å². The molecule has 1 atom stereocenters. The highest BCUT2D eigenvalue weighted by atomic mass is 19.3. The van der Waals surface area contributed by atoms with Crippen molar-refractivity contribution in [3.63, 3.8) is 0 Å². The van der Waals surface area contributed by atoms with Crippen LogP contribution in [0.4, 0.5) is 8.78 Å². The van der Waals surface area contributed by atoms with Crippen LogP contribution in [-0.2, 0) is 10.3 Å². The lowest BCUT2D eigenvalue weighted by Gasteiger charge is -2.39. The molecule has 0 aromatic heterocycles. The zero-order valence-corrected chi connectivity index (χ0v) is 15.7. The average molecular weight is 399 g/mol. The van der Waals surface area contributed by atoms with Crippen molar-refractivity contribution in [2.45, 2.75) is 25.0 Å². The van der Waals surface area contributed by atoms with E-state index in [0.29, 0.717) is 23.5 Å². The Balaban J connectivity index is 1.65. The van der Waals surface area contributed by atoms with Crippen molar-refractivity contribution in [3.8, 4) is 22.6 Å². The van der Waals surface area contributed by atoms with E-state index in [2.05, 4.69) is 9.73 Å². The summed E-state index contributed by atoms with van der Waals surface area (Å²) in [7, 11) is 1.62. The number of hydrogen-bond donors (Lipinski definition) is 1. The Labute approximate surface area is 165 Å². The SMILES string of the molecule is CN1C(=O)C2(N=C1N)c1cc(-c3cccc(OC(F)F)c3)ccc1OCC21CC1. The van der Waals surface area contributed by atoms with Gasteiger partial charge >= 0.3 is 6.61 Å². The van der Waals surface area contributed by atoms with E-state index in [-0.39, 0.29) is 17.6 Å². The summed E-state index contributed by atoms with van der Waals surface area (Å²) < 4.78 is 35.6. The Morgan fingerprint density at radius 3 is 2.62 bits per heavy atom. The van der Waals surface area contributed by atoms with Gasteiger partial charge in [0.15, 0.2) is 11.5 Å². The summed E-state index contributed by atoms with van der Waals surface area (Å²) in [6.07, 6.45) is 1.65. The number of nitrogens with zero attached hydrogens (tertiary/aromatic N) is 2. The predicted octanol–water partition coefficient (Wildman–Crippen LogP) is 3.11. The predicted molar refractivity (Wildman–Crippen MR) is 102 cm³/mol. The maximum Gasteiger partial charge on any atom is 0.387 e. The van der Waals surface area contributed by atoms with Crippen LogP contribution < -0.4 is 15.2 Å². The van der Waals surface area contributed by atoms with E-state index >= 15 is 0 Å². The number of hydrogen-bond acceptors (Lipinski definition) is 5. The number of alkyl halides is 2. The van der Waals surface area contributed by atoms with Gasteiger partial charge < -0.3 is 15.2 Å². The van der Waals surface area contributed by atoms with Crippen molar-refractivity contribution in [2.24, 2.45) is 16.1 Å². The number of rotatable bonds is 3. The number of halogens is 2. The first-order valence-electron chi connectivity index (χ1n) is 9.32. The molecule has 5 rings (SSSR count). The molecule has 2 aromatic carbocycles. The van der Waals surface area contributed by atoms with Gasteiger partial charge in [-0.3, -0.25) is 9.69 Å². The monoisotopic (exact) mass is 399 g/mol. The van der Waals surface area contributed by atoms with Crippen molar-refractivity contribution < 1.29 is 23.0 Å². The van der Waals surface area contributed by atoms with E-state index in [1.165, 1.54) is 17.0 Å². The van der Waals surface area contributed by atoms with Crippen molar-refractivity contribution >= 4 is 11.9 Å². The van der Waals surface area contributed by atoms with Gasteiger partial charge in [-0.1, -0.05) is 18.2 Å². The second-order valence-electron chi connectivity index (χ2n) is 7.73. The molecule has 6 nitrogen and oxygen atoms in total. The van der Waals surface area contributed by atoms with Crippen LogP contribution >= 0.6 is 0 Å². The number of amides is 1. The molecule has 2 aromatic rings. The van der Waals surface area contributed by atoms with Crippen LogP contribution in [0.15, 0.2) is 47.5 Å². The number of carbonyl (C=O) groups excluding carboxylic acids is 1. The van der Waals surface area contributed by atoms with Crippen LogP contribution in [0.5, 0.6) is 11.5 Å². The highest BCUT2D eigenvalue weighted by Gasteiger charge is 2.70. The maximum absolute atomic E-state index is 13.3. The van der Waals surface area contributed by atoms with Gasteiger partial charge in [0.05, 0.1) is 6.61 Å². The summed E-state index contributed by atoms with van der Waals surface area (Å²) in [4.78, 5) is 19.4. The van der Waals surface area contributed by atoms with Crippen LogP contribution in [-0.4, -0.2) is 37.0 Å². The number of guanidine groups is 1. The fourth-order valence-corrected chi connectivity index (χ4v) is 4.40. The molecule has 1 amide bonds. The van der Waals surface area contributed by atoms with Gasteiger partial charge in [-0.2, -0.15) is 8.78 Å². The van der Waals surface area contributed by atoms with Crippen molar-refractivity contribution in [2.75, 3.05) is 13.7 Å². The molecule has 150 valence electrons. The molecule has 2 spiro atoms. The van der Waals surface area contributed by atoms with Gasteiger partial charge in [0.2, 0.25) is 0 Å². The molecule has 1 fully saturated rings. The second kappa shape index (κ2) is 5.92. The summed E-state index contributed by atoms with van der Waals surface area (Å²) in [6, 6.07) is 11.9. The maximum atomic E-state index is 13.3. The summed E-state index contributed by atoms with van der Waals surface area (Å²) in [6.45, 7) is -2.49. The molecule has 29 heavy (non-hydrogen) atoms. The minimum atomic E-state index is -2.90. The summed E-state index contributed by atoms with van der Waals surface area (Å²) >= 11 is 0. The molecule has 1 aliphatic carbocycles. The van der Waals surface area contributed by atoms with Crippen molar-refractivity contribution in [1.82, 2.24) is 4.90 Å². The first-order valence-corrected chi connectivity index (χ1v) is 9.32. The molecule has 0 radical (unpaired) electrons. The molecule has 2 N–H and O–H groups in total. The molecular weight excluding hydrogens is 380 g/mol. The first-order chi connectivity index (χ1) is 13.9. The number of likely N-dealkylation sites (N-methyl/N-ethyl adjacent to an activating group) is 1. The Morgan fingerprint density at radius 2 is 1.97 bits per heavy atom. The van der Waals surface area contributed by atoms with Gasteiger partial charge in [-0.05, 0) is 48.2 Å². The zero-order chi connectivity index (χ0) is 20.4. The summed E-state index contributed by atoms with van der Waals surface area (Å²) in [5.74, 6) is 0.682.